The number of rotatable bonds is 1. The third-order valence-electron chi connectivity index (χ3n) is 0.145. The molecule has 0 rings (SSSR count). The monoisotopic (exact) mass is 179 g/mol. The van der Waals surface area contributed by atoms with Crippen LogP contribution in [0.3, 0.4) is 0 Å². The minimum atomic E-state index is -3.23. The first kappa shape index (κ1) is 10.4. The molecule has 0 aliphatic carbocycles. The number of hydrogen-bond donors (Lipinski definition) is 0. The Labute approximate surface area is 53.6 Å². The number of hydrogen-bond acceptors (Lipinski definition) is 3. The van der Waals surface area contributed by atoms with Gasteiger partial charge in [0.05, 0.1) is 0 Å². The molecular weight excluding hydrogens is 179 g/mol. The van der Waals surface area contributed by atoms with Crippen LogP contribution in [0.1, 0.15) is 0 Å². The molecule has 0 fully saturated rings. The van der Waals surface area contributed by atoms with E-state index in [2.05, 4.69) is 0 Å². The Balaban J connectivity index is 0. The van der Waals surface area contributed by atoms with Crippen molar-refractivity contribution in [2.24, 2.45) is 0 Å². The molecule has 40 valence electrons. The first-order valence-electron chi connectivity index (χ1n) is 1.01. The topological polar surface area (TPSA) is 34.1 Å². The zero-order valence-corrected chi connectivity index (χ0v) is 7.05. The SMILES string of the molecule is O=[S-](=O)C(F)F.[Zn]. The molecule has 0 aliphatic heterocycles. The summed E-state index contributed by atoms with van der Waals surface area (Å²) in [5.41, 5.74) is 0. The Morgan fingerprint density at radius 2 is 1.43 bits per heavy atom. The Kier molecular flexibility index (Phi) is 6.83. The maximum absolute atomic E-state index is 10.5. The third-order valence-corrected chi connectivity index (χ3v) is 0.436. The summed E-state index contributed by atoms with van der Waals surface area (Å²) >= 11 is 0. The van der Waals surface area contributed by atoms with Crippen LogP contribution < -0.4 is 0 Å². The van der Waals surface area contributed by atoms with Gasteiger partial charge in [0.1, 0.15) is 0 Å². The Hall–Kier alpha value is 0.433. The summed E-state index contributed by atoms with van der Waals surface area (Å²) in [5.74, 6) is -3.23. The summed E-state index contributed by atoms with van der Waals surface area (Å²) in [7, 11) is -3.20. The van der Waals surface area contributed by atoms with E-state index in [0.717, 1.165) is 0 Å². The third kappa shape index (κ3) is 6.43. The normalized spacial score (nSPS) is 9.14. The summed E-state index contributed by atoms with van der Waals surface area (Å²) in [5, 5.41) is 0. The molecule has 0 aromatic carbocycles. The molecule has 7 heavy (non-hydrogen) atoms. The summed E-state index contributed by atoms with van der Waals surface area (Å²) < 4.78 is 39.0. The Bertz CT molecular complexity index is 91.9. The van der Waals surface area contributed by atoms with E-state index in [9.17, 15) is 8.78 Å². The molecule has 2 nitrogen and oxygen atoms in total. The van der Waals surface area contributed by atoms with Crippen LogP contribution >= 0.6 is 0 Å². The van der Waals surface area contributed by atoms with E-state index in [1.807, 2.05) is 0 Å². The van der Waals surface area contributed by atoms with Gasteiger partial charge in [-0.25, -0.2) is 8.78 Å². The van der Waals surface area contributed by atoms with Crippen LogP contribution in [-0.2, 0) is 38.6 Å². The van der Waals surface area contributed by atoms with Gasteiger partial charge in [-0.15, -0.1) is 0 Å². The van der Waals surface area contributed by atoms with Crippen LogP contribution in [-0.4, -0.2) is 5.76 Å². The zero-order valence-electron chi connectivity index (χ0n) is 3.27. The van der Waals surface area contributed by atoms with Gasteiger partial charge in [0.15, 0.2) is 0 Å². The van der Waals surface area contributed by atoms with Crippen molar-refractivity contribution in [3.05, 3.63) is 0 Å². The molecular formula is CHF2O2SZn-. The Morgan fingerprint density at radius 3 is 1.43 bits per heavy atom. The minimum absolute atomic E-state index is 0. The van der Waals surface area contributed by atoms with Crippen LogP contribution in [0.2, 0.25) is 0 Å². The van der Waals surface area contributed by atoms with Crippen LogP contribution in [0.25, 0.3) is 0 Å². The number of alkyl halides is 2. The fourth-order valence-electron chi connectivity index (χ4n) is 0. The average Bonchev–Trinajstić information content (AvgIpc) is 1.36. The molecule has 0 amide bonds. The molecule has 0 bridgehead atoms. The quantitative estimate of drug-likeness (QED) is 0.435. The van der Waals surface area contributed by atoms with Crippen LogP contribution in [0.15, 0.2) is 0 Å². The molecule has 0 N–H and O–H groups in total. The summed E-state index contributed by atoms with van der Waals surface area (Å²) in [6.07, 6.45) is 0. The van der Waals surface area contributed by atoms with Crippen molar-refractivity contribution in [1.82, 2.24) is 0 Å². The second kappa shape index (κ2) is 4.59. The van der Waals surface area contributed by atoms with Crippen molar-refractivity contribution < 1.29 is 36.7 Å². The second-order valence-electron chi connectivity index (χ2n) is 0.521. The van der Waals surface area contributed by atoms with Crippen molar-refractivity contribution >= 4 is 10.7 Å². The molecule has 0 aliphatic rings. The van der Waals surface area contributed by atoms with E-state index in [4.69, 9.17) is 8.42 Å². The van der Waals surface area contributed by atoms with Gasteiger partial charge in [0, 0.05) is 19.5 Å². The van der Waals surface area contributed by atoms with Gasteiger partial charge < -0.3 is 8.42 Å². The van der Waals surface area contributed by atoms with Crippen LogP contribution in [0.5, 0.6) is 0 Å². The van der Waals surface area contributed by atoms with Crippen molar-refractivity contribution in [3.8, 4) is 0 Å². The van der Waals surface area contributed by atoms with Gasteiger partial charge in [0.2, 0.25) is 5.76 Å². The fraction of sp³-hybridized carbons (Fsp3) is 1.00. The van der Waals surface area contributed by atoms with Crippen molar-refractivity contribution in [2.45, 2.75) is 5.76 Å². The summed E-state index contributed by atoms with van der Waals surface area (Å²) in [6.45, 7) is 0. The molecule has 0 heterocycles. The van der Waals surface area contributed by atoms with Crippen LogP contribution in [0.4, 0.5) is 8.78 Å². The second-order valence-corrected chi connectivity index (χ2v) is 1.40. The van der Waals surface area contributed by atoms with Crippen molar-refractivity contribution in [3.63, 3.8) is 0 Å². The molecule has 0 radical (unpaired) electrons. The first-order chi connectivity index (χ1) is 2.64. The molecule has 0 aromatic heterocycles. The molecule has 0 saturated heterocycles. The molecule has 6 heteroatoms. The predicted molar refractivity (Wildman–Crippen MR) is 14.7 cm³/mol. The largest absolute Gasteiger partial charge is 0.419 e. The fourth-order valence-corrected chi connectivity index (χ4v) is 0. The smallest absolute Gasteiger partial charge is 0.225 e. The summed E-state index contributed by atoms with van der Waals surface area (Å²) in [6, 6.07) is 0. The van der Waals surface area contributed by atoms with E-state index >= 15 is 0 Å². The molecule has 0 aromatic rings. The van der Waals surface area contributed by atoms with Crippen LogP contribution in [0, 0.1) is 0 Å². The van der Waals surface area contributed by atoms with E-state index in [0.29, 0.717) is 0 Å². The van der Waals surface area contributed by atoms with Gasteiger partial charge in [-0.3, -0.25) is 0 Å². The maximum atomic E-state index is 10.5. The maximum Gasteiger partial charge on any atom is 0.225 e. The van der Waals surface area contributed by atoms with Gasteiger partial charge in [0.25, 0.3) is 0 Å². The van der Waals surface area contributed by atoms with Crippen molar-refractivity contribution in [1.29, 1.82) is 0 Å². The molecule has 0 atom stereocenters. The van der Waals surface area contributed by atoms with Crippen molar-refractivity contribution in [2.75, 3.05) is 0 Å². The number of halogens is 2. The molecule has 0 saturated carbocycles. The molecule has 0 spiro atoms. The standard InChI is InChI=1S/CHF2O2S.Zn/c2-1(3)6(4)5;/h1H;/q-1;. The van der Waals surface area contributed by atoms with Gasteiger partial charge in [-0.2, -0.15) is 0 Å². The predicted octanol–water partition coefficient (Wildman–Crippen LogP) is 0.516. The Morgan fingerprint density at radius 1 is 1.29 bits per heavy atom. The molecule has 0 unspecified atom stereocenters. The summed E-state index contributed by atoms with van der Waals surface area (Å²) in [4.78, 5) is 0. The zero-order chi connectivity index (χ0) is 5.15. The minimum Gasteiger partial charge on any atom is -0.419 e. The van der Waals surface area contributed by atoms with E-state index in [1.54, 1.807) is 0 Å². The average molecular weight is 180 g/mol. The van der Waals surface area contributed by atoms with Gasteiger partial charge in [-0.05, 0) is 10.7 Å². The van der Waals surface area contributed by atoms with E-state index < -0.39 is 16.5 Å². The van der Waals surface area contributed by atoms with Gasteiger partial charge >= 0.3 is 0 Å². The van der Waals surface area contributed by atoms with Gasteiger partial charge in [-0.1, -0.05) is 0 Å². The first-order valence-corrected chi connectivity index (χ1v) is 2.14. The van der Waals surface area contributed by atoms with E-state index in [-0.39, 0.29) is 19.5 Å². The van der Waals surface area contributed by atoms with E-state index in [1.165, 1.54) is 0 Å².